The Morgan fingerprint density at radius 1 is 1.04 bits per heavy atom. The molecule has 0 N–H and O–H groups in total. The molecule has 0 aromatic heterocycles. The second-order valence-corrected chi connectivity index (χ2v) is 7.51. The lowest BCUT2D eigenvalue weighted by atomic mass is 10.1. The van der Waals surface area contributed by atoms with Crippen LogP contribution in [-0.2, 0) is 10.0 Å². The van der Waals surface area contributed by atoms with E-state index in [0.29, 0.717) is 4.31 Å². The highest BCUT2D eigenvalue weighted by Crippen LogP contribution is 2.32. The first-order valence-corrected chi connectivity index (χ1v) is 8.57. The summed E-state index contributed by atoms with van der Waals surface area (Å²) in [6.07, 6.45) is -0.537. The van der Waals surface area contributed by atoms with Crippen molar-refractivity contribution in [3.05, 3.63) is 54.1 Å². The van der Waals surface area contributed by atoms with Gasteiger partial charge in [-0.2, -0.15) is 4.31 Å². The minimum absolute atomic E-state index is 0.0983. The molecule has 3 rings (SSSR count). The van der Waals surface area contributed by atoms with Gasteiger partial charge in [-0.25, -0.2) is 26.0 Å². The molecule has 0 amide bonds. The maximum absolute atomic E-state index is 13.9. The number of rotatable bonds is 3. The molecule has 24 heavy (non-hydrogen) atoms. The first kappa shape index (κ1) is 16.9. The smallest absolute Gasteiger partial charge is 0.207 e. The van der Waals surface area contributed by atoms with Crippen LogP contribution in [0.15, 0.2) is 47.4 Å². The Bertz CT molecular complexity index is 883. The van der Waals surface area contributed by atoms with Gasteiger partial charge in [0.15, 0.2) is 11.6 Å². The lowest BCUT2D eigenvalue weighted by molar-refractivity contribution is 0.0183. The fourth-order valence-corrected chi connectivity index (χ4v) is 4.12. The molecular weight excluding hydrogens is 346 g/mol. The van der Waals surface area contributed by atoms with E-state index >= 15 is 0 Å². The molecule has 128 valence electrons. The predicted molar refractivity (Wildman–Crippen MR) is 80.1 cm³/mol. The Balaban J connectivity index is 2.01. The van der Waals surface area contributed by atoms with E-state index in [-0.39, 0.29) is 22.6 Å². The van der Waals surface area contributed by atoms with Crippen LogP contribution in [0, 0.1) is 11.6 Å². The molecule has 1 saturated heterocycles. The van der Waals surface area contributed by atoms with Crippen molar-refractivity contribution in [2.24, 2.45) is 0 Å². The molecule has 0 spiro atoms. The summed E-state index contributed by atoms with van der Waals surface area (Å²) in [5, 5.41) is 0. The summed E-state index contributed by atoms with van der Waals surface area (Å²) in [5.74, 6) is -5.21. The van der Waals surface area contributed by atoms with Gasteiger partial charge in [0, 0.05) is 18.5 Å². The molecule has 1 aliphatic heterocycles. The highest BCUT2D eigenvalue weighted by atomic mass is 32.2. The normalized spacial score (nSPS) is 18.0. The summed E-state index contributed by atoms with van der Waals surface area (Å²) in [5.41, 5.74) is 0.0535. The zero-order valence-corrected chi connectivity index (χ0v) is 13.2. The van der Waals surface area contributed by atoms with Gasteiger partial charge in [-0.05, 0) is 23.8 Å². The van der Waals surface area contributed by atoms with Crippen LogP contribution in [0.5, 0.6) is 0 Å². The Kier molecular flexibility index (Phi) is 4.13. The molecule has 1 aliphatic rings. The molecule has 0 aliphatic carbocycles. The van der Waals surface area contributed by atoms with Crippen LogP contribution >= 0.6 is 0 Å². The molecule has 1 heterocycles. The van der Waals surface area contributed by atoms with Crippen LogP contribution < -0.4 is 0 Å². The summed E-state index contributed by atoms with van der Waals surface area (Å²) in [6.45, 7) is -1.16. The Hall–Kier alpha value is -1.93. The average molecular weight is 359 g/mol. The van der Waals surface area contributed by atoms with Crippen molar-refractivity contribution in [2.45, 2.75) is 17.2 Å². The van der Waals surface area contributed by atoms with Crippen LogP contribution in [0.4, 0.5) is 17.6 Å². The molecule has 0 radical (unpaired) electrons. The molecule has 0 bridgehead atoms. The molecule has 2 aromatic carbocycles. The minimum atomic E-state index is -4.13. The van der Waals surface area contributed by atoms with Gasteiger partial charge in [0.05, 0.1) is 11.4 Å². The van der Waals surface area contributed by atoms with Gasteiger partial charge in [0.1, 0.15) is 0 Å². The van der Waals surface area contributed by atoms with Crippen molar-refractivity contribution in [3.63, 3.8) is 0 Å². The molecule has 2 aromatic rings. The topological polar surface area (TPSA) is 37.4 Å². The number of hydrogen-bond donors (Lipinski definition) is 0. The van der Waals surface area contributed by atoms with E-state index in [4.69, 9.17) is 0 Å². The van der Waals surface area contributed by atoms with Crippen molar-refractivity contribution < 1.29 is 26.0 Å². The molecular formula is C16H13F4NO2S. The van der Waals surface area contributed by atoms with Gasteiger partial charge in [-0.1, -0.05) is 24.3 Å². The molecule has 0 atom stereocenters. The highest BCUT2D eigenvalue weighted by Gasteiger charge is 2.43. The van der Waals surface area contributed by atoms with Gasteiger partial charge in [0.25, 0.3) is 5.92 Å². The van der Waals surface area contributed by atoms with Gasteiger partial charge in [-0.3, -0.25) is 0 Å². The number of nitrogens with zero attached hydrogens (tertiary/aromatic N) is 1. The van der Waals surface area contributed by atoms with E-state index in [9.17, 15) is 26.0 Å². The van der Waals surface area contributed by atoms with Crippen LogP contribution in [0.3, 0.4) is 0 Å². The van der Waals surface area contributed by atoms with Crippen LogP contribution in [0.2, 0.25) is 0 Å². The van der Waals surface area contributed by atoms with Crippen molar-refractivity contribution in [1.29, 1.82) is 0 Å². The Morgan fingerprint density at radius 2 is 1.75 bits per heavy atom. The molecule has 0 unspecified atom stereocenters. The summed E-state index contributed by atoms with van der Waals surface area (Å²) >= 11 is 0. The minimum Gasteiger partial charge on any atom is -0.207 e. The third-order valence-electron chi connectivity index (χ3n) is 3.87. The third-order valence-corrected chi connectivity index (χ3v) is 5.71. The lowest BCUT2D eigenvalue weighted by Crippen LogP contribution is -2.31. The number of sulfonamides is 1. The quantitative estimate of drug-likeness (QED) is 0.785. The van der Waals surface area contributed by atoms with E-state index < -0.39 is 40.5 Å². The zero-order chi connectivity index (χ0) is 17.5. The molecule has 3 nitrogen and oxygen atoms in total. The number of benzene rings is 2. The van der Waals surface area contributed by atoms with E-state index in [2.05, 4.69) is 0 Å². The Labute approximate surface area is 136 Å². The van der Waals surface area contributed by atoms with Gasteiger partial charge in [-0.15, -0.1) is 0 Å². The van der Waals surface area contributed by atoms with Crippen molar-refractivity contribution in [2.75, 3.05) is 13.1 Å². The molecule has 0 saturated carbocycles. The largest absolute Gasteiger partial charge is 0.262 e. The monoisotopic (exact) mass is 359 g/mol. The summed E-state index contributed by atoms with van der Waals surface area (Å²) in [4.78, 5) is -0.235. The third kappa shape index (κ3) is 3.03. The van der Waals surface area contributed by atoms with Crippen molar-refractivity contribution >= 4 is 10.0 Å². The average Bonchev–Trinajstić information content (AvgIpc) is 2.91. The van der Waals surface area contributed by atoms with Crippen molar-refractivity contribution in [1.82, 2.24) is 4.31 Å². The second kappa shape index (κ2) is 5.86. The zero-order valence-electron chi connectivity index (χ0n) is 12.3. The van der Waals surface area contributed by atoms with E-state index in [1.54, 1.807) is 0 Å². The van der Waals surface area contributed by atoms with Gasteiger partial charge >= 0.3 is 0 Å². The highest BCUT2D eigenvalue weighted by molar-refractivity contribution is 7.89. The van der Waals surface area contributed by atoms with Crippen LogP contribution in [0.1, 0.15) is 6.42 Å². The fourth-order valence-electron chi connectivity index (χ4n) is 2.61. The van der Waals surface area contributed by atoms with E-state index in [0.717, 1.165) is 12.1 Å². The second-order valence-electron chi connectivity index (χ2n) is 5.57. The standard InChI is InChI=1S/C16H13F4NO2S/c17-14-6-2-5-13(15(14)18)11-3-1-4-12(9-11)24(22,23)21-8-7-16(19,20)10-21/h1-6,9H,7-8,10H2. The summed E-state index contributed by atoms with van der Waals surface area (Å²) in [6, 6.07) is 8.75. The van der Waals surface area contributed by atoms with Gasteiger partial charge in [0.2, 0.25) is 10.0 Å². The van der Waals surface area contributed by atoms with E-state index in [1.807, 2.05) is 0 Å². The number of halogens is 4. The number of hydrogen-bond acceptors (Lipinski definition) is 2. The maximum Gasteiger partial charge on any atom is 0.262 e. The van der Waals surface area contributed by atoms with E-state index in [1.165, 1.54) is 30.3 Å². The summed E-state index contributed by atoms with van der Waals surface area (Å²) in [7, 11) is -4.13. The lowest BCUT2D eigenvalue weighted by Gasteiger charge is -2.17. The molecule has 1 fully saturated rings. The predicted octanol–water partition coefficient (Wildman–Crippen LogP) is 3.66. The summed E-state index contributed by atoms with van der Waals surface area (Å²) < 4.78 is 79.5. The maximum atomic E-state index is 13.9. The van der Waals surface area contributed by atoms with Gasteiger partial charge < -0.3 is 0 Å². The van der Waals surface area contributed by atoms with Crippen LogP contribution in [0.25, 0.3) is 11.1 Å². The number of alkyl halides is 2. The molecule has 8 heteroatoms. The van der Waals surface area contributed by atoms with Crippen molar-refractivity contribution in [3.8, 4) is 11.1 Å². The first-order valence-electron chi connectivity index (χ1n) is 7.13. The SMILES string of the molecule is O=S(=O)(c1cccc(-c2cccc(F)c2F)c1)N1CCC(F)(F)C1. The fraction of sp³-hybridized carbons (Fsp3) is 0.250. The van der Waals surface area contributed by atoms with Crippen LogP contribution in [-0.4, -0.2) is 31.7 Å². The Morgan fingerprint density at radius 3 is 2.42 bits per heavy atom. The first-order chi connectivity index (χ1) is 11.2.